The second-order valence-electron chi connectivity index (χ2n) is 2.05. The van der Waals surface area contributed by atoms with Crippen LogP contribution in [0.25, 0.3) is 0 Å². The lowest BCUT2D eigenvalue weighted by Gasteiger charge is -1.93. The molecule has 0 bridgehead atoms. The predicted octanol–water partition coefficient (Wildman–Crippen LogP) is 1.13. The fraction of sp³-hybridized carbons (Fsp3) is 0.125. The number of rotatable bonds is 0. The molecule has 0 radical (unpaired) electrons. The van der Waals surface area contributed by atoms with Crippen molar-refractivity contribution in [1.29, 1.82) is 10.5 Å². The summed E-state index contributed by atoms with van der Waals surface area (Å²) in [6.07, 6.45) is 0. The molecule has 3 nitrogen and oxygen atoms in total. The summed E-state index contributed by atoms with van der Waals surface area (Å²) < 4.78 is 0. The topological polar surface area (TPSA) is 60.5 Å². The Balaban J connectivity index is 3.25. The second-order valence-corrected chi connectivity index (χ2v) is 2.05. The van der Waals surface area contributed by atoms with Crippen LogP contribution in [-0.4, -0.2) is 4.98 Å². The van der Waals surface area contributed by atoms with Gasteiger partial charge in [-0.25, -0.2) is 4.98 Å². The Morgan fingerprint density at radius 2 is 2.00 bits per heavy atom. The monoisotopic (exact) mass is 143 g/mol. The maximum atomic E-state index is 8.51. The van der Waals surface area contributed by atoms with E-state index in [0.29, 0.717) is 17.0 Å². The lowest BCUT2D eigenvalue weighted by atomic mass is 10.2. The van der Waals surface area contributed by atoms with Gasteiger partial charge in [0.05, 0.1) is 11.3 Å². The molecule has 52 valence electrons. The van der Waals surface area contributed by atoms with E-state index in [4.69, 9.17) is 10.5 Å². The van der Waals surface area contributed by atoms with Crippen LogP contribution in [0.2, 0.25) is 0 Å². The first kappa shape index (κ1) is 7.24. The van der Waals surface area contributed by atoms with E-state index >= 15 is 0 Å². The Kier molecular flexibility index (Phi) is 1.85. The lowest BCUT2D eigenvalue weighted by molar-refractivity contribution is 1.15. The van der Waals surface area contributed by atoms with Crippen LogP contribution in [0.5, 0.6) is 0 Å². The van der Waals surface area contributed by atoms with Crippen molar-refractivity contribution in [1.82, 2.24) is 4.98 Å². The zero-order valence-electron chi connectivity index (χ0n) is 6.00. The molecule has 0 aliphatic heterocycles. The molecule has 0 spiro atoms. The normalized spacial score (nSPS) is 8.27. The second kappa shape index (κ2) is 2.81. The molecule has 0 aliphatic carbocycles. The molecule has 11 heavy (non-hydrogen) atoms. The fourth-order valence-corrected chi connectivity index (χ4v) is 0.741. The summed E-state index contributed by atoms with van der Waals surface area (Å²) in [7, 11) is 0. The summed E-state index contributed by atoms with van der Waals surface area (Å²) in [4.78, 5) is 3.88. The summed E-state index contributed by atoms with van der Waals surface area (Å²) in [6, 6.07) is 7.00. The molecule has 3 heteroatoms. The average molecular weight is 143 g/mol. The van der Waals surface area contributed by atoms with Crippen LogP contribution in [0.15, 0.2) is 12.1 Å². The van der Waals surface area contributed by atoms with Gasteiger partial charge < -0.3 is 0 Å². The van der Waals surface area contributed by atoms with Gasteiger partial charge in [0.25, 0.3) is 0 Å². The molecule has 0 N–H and O–H groups in total. The van der Waals surface area contributed by atoms with Gasteiger partial charge in [0, 0.05) is 0 Å². The van der Waals surface area contributed by atoms with Crippen molar-refractivity contribution < 1.29 is 0 Å². The predicted molar refractivity (Wildman–Crippen MR) is 38.4 cm³/mol. The number of aryl methyl sites for hydroxylation is 1. The highest BCUT2D eigenvalue weighted by molar-refractivity contribution is 5.36. The largest absolute Gasteiger partial charge is 0.241 e. The third-order valence-electron chi connectivity index (χ3n) is 1.32. The molecule has 0 saturated carbocycles. The van der Waals surface area contributed by atoms with Gasteiger partial charge in [-0.1, -0.05) is 0 Å². The highest BCUT2D eigenvalue weighted by Crippen LogP contribution is 2.03. The minimum atomic E-state index is 0.349. The van der Waals surface area contributed by atoms with Gasteiger partial charge in [0.15, 0.2) is 0 Å². The van der Waals surface area contributed by atoms with Crippen LogP contribution in [0.4, 0.5) is 0 Å². The SMILES string of the molecule is Cc1nc(C#N)ccc1C#N. The summed E-state index contributed by atoms with van der Waals surface area (Å²) >= 11 is 0. The molecule has 1 heterocycles. The summed E-state index contributed by atoms with van der Waals surface area (Å²) in [5, 5.41) is 16.9. The minimum absolute atomic E-state index is 0.349. The van der Waals surface area contributed by atoms with E-state index in [1.54, 1.807) is 13.0 Å². The van der Waals surface area contributed by atoms with Crippen molar-refractivity contribution in [3.8, 4) is 12.1 Å². The van der Waals surface area contributed by atoms with Gasteiger partial charge in [-0.3, -0.25) is 0 Å². The molecule has 0 aliphatic rings. The van der Waals surface area contributed by atoms with Gasteiger partial charge >= 0.3 is 0 Å². The Morgan fingerprint density at radius 3 is 2.45 bits per heavy atom. The molecule has 0 aromatic carbocycles. The van der Waals surface area contributed by atoms with E-state index in [2.05, 4.69) is 4.98 Å². The highest BCUT2D eigenvalue weighted by Gasteiger charge is 1.98. The van der Waals surface area contributed by atoms with Crippen molar-refractivity contribution in [2.45, 2.75) is 6.92 Å². The molecule has 1 aromatic heterocycles. The standard InChI is InChI=1S/C8H5N3/c1-6-7(4-9)2-3-8(5-10)11-6/h2-3H,1H3. The average Bonchev–Trinajstić information content (AvgIpc) is 2.04. The first-order valence-electron chi connectivity index (χ1n) is 3.06. The summed E-state index contributed by atoms with van der Waals surface area (Å²) in [6.45, 7) is 1.71. The summed E-state index contributed by atoms with van der Waals surface area (Å²) in [5.74, 6) is 0. The lowest BCUT2D eigenvalue weighted by Crippen LogP contribution is -1.89. The van der Waals surface area contributed by atoms with E-state index in [9.17, 15) is 0 Å². The smallest absolute Gasteiger partial charge is 0.140 e. The number of aromatic nitrogens is 1. The third kappa shape index (κ3) is 1.33. The van der Waals surface area contributed by atoms with Crippen molar-refractivity contribution in [2.75, 3.05) is 0 Å². The number of nitrogens with zero attached hydrogens (tertiary/aromatic N) is 3. The molecule has 1 rings (SSSR count). The molecule has 0 atom stereocenters. The van der Waals surface area contributed by atoms with Crippen molar-refractivity contribution in [3.05, 3.63) is 29.1 Å². The first-order valence-corrected chi connectivity index (χ1v) is 3.06. The highest BCUT2D eigenvalue weighted by atomic mass is 14.7. The van der Waals surface area contributed by atoms with Crippen LogP contribution >= 0.6 is 0 Å². The van der Waals surface area contributed by atoms with Crippen molar-refractivity contribution in [3.63, 3.8) is 0 Å². The van der Waals surface area contributed by atoms with Crippen LogP contribution in [0.1, 0.15) is 17.0 Å². The maximum Gasteiger partial charge on any atom is 0.140 e. The molecule has 0 saturated heterocycles. The zero-order valence-corrected chi connectivity index (χ0v) is 6.00. The van der Waals surface area contributed by atoms with Gasteiger partial charge in [0.1, 0.15) is 17.8 Å². The Bertz CT molecular complexity index is 355. The van der Waals surface area contributed by atoms with E-state index in [0.717, 1.165) is 0 Å². The molecule has 1 aromatic rings. The maximum absolute atomic E-state index is 8.51. The van der Waals surface area contributed by atoms with E-state index in [1.807, 2.05) is 12.1 Å². The van der Waals surface area contributed by atoms with Crippen LogP contribution in [0.3, 0.4) is 0 Å². The molecule has 0 amide bonds. The van der Waals surface area contributed by atoms with Gasteiger partial charge in [-0.15, -0.1) is 0 Å². The molecule has 0 fully saturated rings. The number of hydrogen-bond acceptors (Lipinski definition) is 3. The zero-order chi connectivity index (χ0) is 8.27. The Morgan fingerprint density at radius 1 is 1.27 bits per heavy atom. The van der Waals surface area contributed by atoms with Gasteiger partial charge in [-0.2, -0.15) is 10.5 Å². The third-order valence-corrected chi connectivity index (χ3v) is 1.32. The van der Waals surface area contributed by atoms with Crippen LogP contribution < -0.4 is 0 Å². The molecular formula is C8H5N3. The van der Waals surface area contributed by atoms with E-state index in [-0.39, 0.29) is 0 Å². The Labute approximate surface area is 64.5 Å². The molecular weight excluding hydrogens is 138 g/mol. The number of hydrogen-bond donors (Lipinski definition) is 0. The van der Waals surface area contributed by atoms with Crippen LogP contribution in [0, 0.1) is 29.6 Å². The summed E-state index contributed by atoms with van der Waals surface area (Å²) in [5.41, 5.74) is 1.47. The Hall–Kier alpha value is -1.87. The van der Waals surface area contributed by atoms with E-state index < -0.39 is 0 Å². The van der Waals surface area contributed by atoms with Gasteiger partial charge in [-0.05, 0) is 19.1 Å². The fourth-order valence-electron chi connectivity index (χ4n) is 0.741. The van der Waals surface area contributed by atoms with Crippen molar-refractivity contribution >= 4 is 0 Å². The minimum Gasteiger partial charge on any atom is -0.241 e. The quantitative estimate of drug-likeness (QED) is 0.547. The van der Waals surface area contributed by atoms with Crippen molar-refractivity contribution in [2.24, 2.45) is 0 Å². The van der Waals surface area contributed by atoms with E-state index in [1.165, 1.54) is 6.07 Å². The number of pyridine rings is 1. The van der Waals surface area contributed by atoms with Crippen LogP contribution in [-0.2, 0) is 0 Å². The van der Waals surface area contributed by atoms with Gasteiger partial charge in [0.2, 0.25) is 0 Å². The first-order chi connectivity index (χ1) is 5.27. The molecule has 0 unspecified atom stereocenters. The number of nitriles is 2.